The second-order valence-electron chi connectivity index (χ2n) is 4.06. The summed E-state index contributed by atoms with van der Waals surface area (Å²) >= 11 is 0. The van der Waals surface area contributed by atoms with Crippen molar-refractivity contribution in [1.29, 1.82) is 0 Å². The molecule has 0 aromatic heterocycles. The Kier molecular flexibility index (Phi) is 4.62. The molecule has 0 bridgehead atoms. The molecule has 0 saturated carbocycles. The number of halogens is 1. The van der Waals surface area contributed by atoms with E-state index in [-0.39, 0.29) is 10.9 Å². The normalized spacial score (nSPS) is 12.1. The topological polar surface area (TPSA) is 58.2 Å². The first kappa shape index (κ1) is 14.1. The fourth-order valence-corrected chi connectivity index (χ4v) is 2.99. The summed E-state index contributed by atoms with van der Waals surface area (Å²) in [5.41, 5.74) is 0.544. The van der Waals surface area contributed by atoms with Crippen LogP contribution in [0, 0.1) is 5.82 Å². The molecule has 0 amide bonds. The number of hydrogen-bond acceptors (Lipinski definition) is 3. The average molecular weight is 260 g/mol. The van der Waals surface area contributed by atoms with Crippen molar-refractivity contribution in [2.45, 2.75) is 31.3 Å². The highest BCUT2D eigenvalue weighted by Crippen LogP contribution is 2.17. The lowest BCUT2D eigenvalue weighted by molar-refractivity contribution is 0.564. The maximum absolute atomic E-state index is 13.1. The monoisotopic (exact) mass is 260 g/mol. The molecule has 1 aromatic carbocycles. The van der Waals surface area contributed by atoms with Crippen LogP contribution in [0.4, 0.5) is 4.39 Å². The van der Waals surface area contributed by atoms with Gasteiger partial charge in [0.25, 0.3) is 0 Å². The predicted molar refractivity (Wildman–Crippen MR) is 64.6 cm³/mol. The van der Waals surface area contributed by atoms with Crippen LogP contribution in [-0.2, 0) is 16.6 Å². The number of sulfonamides is 1. The zero-order valence-electron chi connectivity index (χ0n) is 10.1. The molecule has 0 aliphatic carbocycles. The van der Waals surface area contributed by atoms with Crippen LogP contribution in [0.15, 0.2) is 23.1 Å². The van der Waals surface area contributed by atoms with Crippen molar-refractivity contribution in [1.82, 2.24) is 10.0 Å². The highest BCUT2D eigenvalue weighted by Gasteiger charge is 2.19. The van der Waals surface area contributed by atoms with Gasteiger partial charge in [0.1, 0.15) is 5.82 Å². The number of nitrogens with one attached hydrogen (secondary N) is 2. The van der Waals surface area contributed by atoms with Crippen molar-refractivity contribution in [2.75, 3.05) is 7.05 Å². The van der Waals surface area contributed by atoms with Crippen LogP contribution in [0.5, 0.6) is 0 Å². The summed E-state index contributed by atoms with van der Waals surface area (Å²) in [6.07, 6.45) is 0. The van der Waals surface area contributed by atoms with E-state index in [9.17, 15) is 12.8 Å². The summed E-state index contributed by atoms with van der Waals surface area (Å²) in [7, 11) is -1.96. The van der Waals surface area contributed by atoms with Gasteiger partial charge in [0, 0.05) is 12.6 Å². The zero-order valence-corrected chi connectivity index (χ0v) is 10.9. The van der Waals surface area contributed by atoms with Crippen LogP contribution in [-0.4, -0.2) is 21.5 Å². The maximum atomic E-state index is 13.1. The molecule has 2 N–H and O–H groups in total. The molecule has 4 nitrogen and oxygen atoms in total. The van der Waals surface area contributed by atoms with Gasteiger partial charge in [0.2, 0.25) is 10.0 Å². The van der Waals surface area contributed by atoms with Gasteiger partial charge in [-0.1, -0.05) is 6.07 Å². The molecule has 0 fully saturated rings. The standard InChI is InChI=1S/C11H17FN2O2S/c1-8(2)14-17(15,16)11-6-10(12)5-4-9(11)7-13-3/h4-6,8,13-14H,7H2,1-3H3. The Bertz CT molecular complexity index is 486. The van der Waals surface area contributed by atoms with Gasteiger partial charge < -0.3 is 5.32 Å². The number of rotatable bonds is 5. The van der Waals surface area contributed by atoms with Crippen molar-refractivity contribution in [2.24, 2.45) is 0 Å². The molecule has 96 valence electrons. The molecule has 1 rings (SSSR count). The van der Waals surface area contributed by atoms with Gasteiger partial charge in [0.05, 0.1) is 4.90 Å². The summed E-state index contributed by atoms with van der Waals surface area (Å²) in [6.45, 7) is 3.80. The van der Waals surface area contributed by atoms with Gasteiger partial charge in [-0.3, -0.25) is 0 Å². The number of hydrogen-bond donors (Lipinski definition) is 2. The summed E-state index contributed by atoms with van der Waals surface area (Å²) < 4.78 is 39.6. The highest BCUT2D eigenvalue weighted by molar-refractivity contribution is 7.89. The molecule has 0 spiro atoms. The van der Waals surface area contributed by atoms with E-state index in [1.54, 1.807) is 20.9 Å². The predicted octanol–water partition coefficient (Wildman–Crippen LogP) is 1.23. The maximum Gasteiger partial charge on any atom is 0.241 e. The van der Waals surface area contributed by atoms with Crippen LogP contribution < -0.4 is 10.0 Å². The fourth-order valence-electron chi connectivity index (χ4n) is 1.49. The lowest BCUT2D eigenvalue weighted by Crippen LogP contribution is -2.31. The van der Waals surface area contributed by atoms with Gasteiger partial charge in [-0.15, -0.1) is 0 Å². The largest absolute Gasteiger partial charge is 0.316 e. The van der Waals surface area contributed by atoms with E-state index < -0.39 is 15.8 Å². The highest BCUT2D eigenvalue weighted by atomic mass is 32.2. The molecule has 0 aliphatic heterocycles. The molecule has 0 saturated heterocycles. The molecule has 0 atom stereocenters. The van der Waals surface area contributed by atoms with Gasteiger partial charge in [-0.05, 0) is 38.6 Å². The third-order valence-corrected chi connectivity index (χ3v) is 3.82. The minimum atomic E-state index is -3.66. The van der Waals surface area contributed by atoms with Crippen molar-refractivity contribution < 1.29 is 12.8 Å². The quantitative estimate of drug-likeness (QED) is 0.837. The smallest absolute Gasteiger partial charge is 0.241 e. The molecular formula is C11H17FN2O2S. The van der Waals surface area contributed by atoms with Crippen LogP contribution >= 0.6 is 0 Å². The molecule has 0 heterocycles. The van der Waals surface area contributed by atoms with E-state index >= 15 is 0 Å². The average Bonchev–Trinajstić information content (AvgIpc) is 2.19. The van der Waals surface area contributed by atoms with Crippen LogP contribution in [0.25, 0.3) is 0 Å². The first-order valence-electron chi connectivity index (χ1n) is 5.32. The molecule has 0 radical (unpaired) electrons. The number of benzene rings is 1. The minimum absolute atomic E-state index is 0.0134. The van der Waals surface area contributed by atoms with E-state index in [0.29, 0.717) is 12.1 Å². The summed E-state index contributed by atoms with van der Waals surface area (Å²) in [4.78, 5) is -0.0134. The molecular weight excluding hydrogens is 243 g/mol. The lowest BCUT2D eigenvalue weighted by atomic mass is 10.2. The Morgan fingerprint density at radius 3 is 2.53 bits per heavy atom. The van der Waals surface area contributed by atoms with Crippen molar-refractivity contribution in [3.63, 3.8) is 0 Å². The minimum Gasteiger partial charge on any atom is -0.316 e. The van der Waals surface area contributed by atoms with Crippen LogP contribution in [0.2, 0.25) is 0 Å². The summed E-state index contributed by atoms with van der Waals surface area (Å²) in [5.74, 6) is -0.561. The van der Waals surface area contributed by atoms with Gasteiger partial charge in [-0.25, -0.2) is 17.5 Å². The van der Waals surface area contributed by atoms with E-state index in [4.69, 9.17) is 0 Å². The Hall–Kier alpha value is -0.980. The first-order valence-corrected chi connectivity index (χ1v) is 6.80. The molecule has 17 heavy (non-hydrogen) atoms. The Morgan fingerprint density at radius 1 is 1.35 bits per heavy atom. The molecule has 0 aliphatic rings. The van der Waals surface area contributed by atoms with Crippen LogP contribution in [0.3, 0.4) is 0 Å². The van der Waals surface area contributed by atoms with E-state index in [0.717, 1.165) is 6.07 Å². The van der Waals surface area contributed by atoms with Crippen LogP contribution in [0.1, 0.15) is 19.4 Å². The third-order valence-electron chi connectivity index (χ3n) is 2.08. The van der Waals surface area contributed by atoms with Crippen molar-refractivity contribution >= 4 is 10.0 Å². The third kappa shape index (κ3) is 3.76. The Morgan fingerprint density at radius 2 is 2.00 bits per heavy atom. The Labute approximate surface area is 101 Å². The van der Waals surface area contributed by atoms with Gasteiger partial charge in [-0.2, -0.15) is 0 Å². The van der Waals surface area contributed by atoms with E-state index in [1.807, 2.05) is 0 Å². The zero-order chi connectivity index (χ0) is 13.1. The van der Waals surface area contributed by atoms with Gasteiger partial charge >= 0.3 is 0 Å². The molecule has 6 heteroatoms. The lowest BCUT2D eigenvalue weighted by Gasteiger charge is -2.13. The molecule has 1 aromatic rings. The summed E-state index contributed by atoms with van der Waals surface area (Å²) in [6, 6.07) is 3.53. The molecule has 0 unspecified atom stereocenters. The van der Waals surface area contributed by atoms with Crippen molar-refractivity contribution in [3.8, 4) is 0 Å². The summed E-state index contributed by atoms with van der Waals surface area (Å²) in [5, 5.41) is 2.85. The van der Waals surface area contributed by atoms with E-state index in [1.165, 1.54) is 12.1 Å². The second-order valence-corrected chi connectivity index (χ2v) is 5.74. The second kappa shape index (κ2) is 5.57. The fraction of sp³-hybridized carbons (Fsp3) is 0.455. The Balaban J connectivity index is 3.23. The SMILES string of the molecule is CNCc1ccc(F)cc1S(=O)(=O)NC(C)C. The first-order chi connectivity index (χ1) is 7.86. The van der Waals surface area contributed by atoms with E-state index in [2.05, 4.69) is 10.0 Å². The van der Waals surface area contributed by atoms with Gasteiger partial charge in [0.15, 0.2) is 0 Å². The van der Waals surface area contributed by atoms with Crippen molar-refractivity contribution in [3.05, 3.63) is 29.6 Å².